The van der Waals surface area contributed by atoms with Gasteiger partial charge in [-0.1, -0.05) is 24.6 Å². The summed E-state index contributed by atoms with van der Waals surface area (Å²) in [5.41, 5.74) is 0.777. The quantitative estimate of drug-likeness (QED) is 0.885. The normalized spacial score (nSPS) is 22.1. The number of hydrogen-bond acceptors (Lipinski definition) is 3. The molecule has 1 fully saturated rings. The maximum Gasteiger partial charge on any atom is 0.241 e. The van der Waals surface area contributed by atoms with Gasteiger partial charge in [0.05, 0.1) is 4.90 Å². The monoisotopic (exact) mass is 282 g/mol. The predicted molar refractivity (Wildman–Crippen MR) is 76.6 cm³/mol. The van der Waals surface area contributed by atoms with E-state index in [1.165, 1.54) is 6.42 Å². The number of benzene rings is 1. The maximum atomic E-state index is 12.4. The average Bonchev–Trinajstić information content (AvgIpc) is 2.39. The standard InChI is InChI=1S/C14H22N2O2S/c1-11-7-3-4-9-14(11)19(17,18)16-12(2)13-8-5-6-10-15-13/h3-4,7,9,12-13,15-16H,5-6,8,10H2,1-2H3. The molecule has 1 heterocycles. The second-order valence-electron chi connectivity index (χ2n) is 5.23. The lowest BCUT2D eigenvalue weighted by Crippen LogP contribution is -2.50. The van der Waals surface area contributed by atoms with Gasteiger partial charge in [-0.05, 0) is 44.9 Å². The lowest BCUT2D eigenvalue weighted by Gasteiger charge is -2.29. The molecule has 2 rings (SSSR count). The zero-order chi connectivity index (χ0) is 13.9. The van der Waals surface area contributed by atoms with Crippen molar-refractivity contribution < 1.29 is 8.42 Å². The molecule has 0 saturated carbocycles. The summed E-state index contributed by atoms with van der Waals surface area (Å²) in [4.78, 5) is 0.373. The van der Waals surface area contributed by atoms with E-state index in [1.807, 2.05) is 26.0 Å². The fourth-order valence-corrected chi connectivity index (χ4v) is 4.08. The fraction of sp³-hybridized carbons (Fsp3) is 0.571. The van der Waals surface area contributed by atoms with E-state index in [4.69, 9.17) is 0 Å². The summed E-state index contributed by atoms with van der Waals surface area (Å²) in [6.07, 6.45) is 3.36. The minimum absolute atomic E-state index is 0.0927. The van der Waals surface area contributed by atoms with Gasteiger partial charge in [0.25, 0.3) is 0 Å². The molecule has 1 aliphatic heterocycles. The van der Waals surface area contributed by atoms with Crippen molar-refractivity contribution in [2.45, 2.75) is 50.1 Å². The van der Waals surface area contributed by atoms with Crippen LogP contribution in [-0.4, -0.2) is 27.0 Å². The molecule has 1 aromatic rings. The van der Waals surface area contributed by atoms with E-state index < -0.39 is 10.0 Å². The summed E-state index contributed by atoms with van der Waals surface area (Å²) in [6.45, 7) is 4.72. The van der Waals surface area contributed by atoms with Gasteiger partial charge in [-0.3, -0.25) is 0 Å². The lowest BCUT2D eigenvalue weighted by atomic mass is 10.00. The Balaban J connectivity index is 2.11. The number of nitrogens with one attached hydrogen (secondary N) is 2. The first-order valence-electron chi connectivity index (χ1n) is 6.82. The van der Waals surface area contributed by atoms with Crippen molar-refractivity contribution in [3.8, 4) is 0 Å². The van der Waals surface area contributed by atoms with Gasteiger partial charge in [0.2, 0.25) is 10.0 Å². The van der Waals surface area contributed by atoms with Gasteiger partial charge in [-0.25, -0.2) is 13.1 Å². The molecule has 5 heteroatoms. The van der Waals surface area contributed by atoms with Crippen molar-refractivity contribution in [3.05, 3.63) is 29.8 Å². The third kappa shape index (κ3) is 3.55. The van der Waals surface area contributed by atoms with Crippen LogP contribution in [0.4, 0.5) is 0 Å². The Labute approximate surface area is 115 Å². The minimum atomic E-state index is -3.43. The van der Waals surface area contributed by atoms with Gasteiger partial charge in [0, 0.05) is 12.1 Å². The first-order chi connectivity index (χ1) is 9.00. The molecule has 1 aromatic carbocycles. The first kappa shape index (κ1) is 14.5. The van der Waals surface area contributed by atoms with E-state index in [-0.39, 0.29) is 12.1 Å². The van der Waals surface area contributed by atoms with E-state index in [0.29, 0.717) is 4.90 Å². The molecule has 19 heavy (non-hydrogen) atoms. The fourth-order valence-electron chi connectivity index (χ4n) is 2.55. The minimum Gasteiger partial charge on any atom is -0.312 e. The van der Waals surface area contributed by atoms with Crippen molar-refractivity contribution in [1.82, 2.24) is 10.0 Å². The molecule has 0 amide bonds. The zero-order valence-electron chi connectivity index (χ0n) is 11.5. The van der Waals surface area contributed by atoms with Crippen molar-refractivity contribution >= 4 is 10.0 Å². The van der Waals surface area contributed by atoms with Crippen molar-refractivity contribution in [1.29, 1.82) is 0 Å². The molecule has 0 aliphatic carbocycles. The van der Waals surface area contributed by atoms with Crippen LogP contribution < -0.4 is 10.0 Å². The Kier molecular flexibility index (Phi) is 4.60. The van der Waals surface area contributed by atoms with Crippen LogP contribution in [0.3, 0.4) is 0 Å². The van der Waals surface area contributed by atoms with Crippen LogP contribution in [0.15, 0.2) is 29.2 Å². The summed E-state index contributed by atoms with van der Waals surface area (Å²) >= 11 is 0. The first-order valence-corrected chi connectivity index (χ1v) is 8.30. The third-order valence-electron chi connectivity index (χ3n) is 3.68. The number of rotatable bonds is 4. The van der Waals surface area contributed by atoms with Gasteiger partial charge < -0.3 is 5.32 Å². The third-order valence-corrected chi connectivity index (χ3v) is 5.40. The highest BCUT2D eigenvalue weighted by Gasteiger charge is 2.25. The topological polar surface area (TPSA) is 58.2 Å². The van der Waals surface area contributed by atoms with Crippen LogP contribution >= 0.6 is 0 Å². The number of aryl methyl sites for hydroxylation is 1. The Bertz CT molecular complexity index is 522. The number of sulfonamides is 1. The zero-order valence-corrected chi connectivity index (χ0v) is 12.3. The number of piperidine rings is 1. The summed E-state index contributed by atoms with van der Waals surface area (Å²) in [7, 11) is -3.43. The lowest BCUT2D eigenvalue weighted by molar-refractivity contribution is 0.347. The van der Waals surface area contributed by atoms with E-state index in [9.17, 15) is 8.42 Å². The number of hydrogen-bond donors (Lipinski definition) is 2. The second-order valence-corrected chi connectivity index (χ2v) is 6.91. The van der Waals surface area contributed by atoms with Crippen LogP contribution in [0.2, 0.25) is 0 Å². The summed E-state index contributed by atoms with van der Waals surface area (Å²) < 4.78 is 27.5. The van der Waals surface area contributed by atoms with Crippen LogP contribution in [0.1, 0.15) is 31.7 Å². The highest BCUT2D eigenvalue weighted by atomic mass is 32.2. The largest absolute Gasteiger partial charge is 0.312 e. The molecule has 0 spiro atoms. The van der Waals surface area contributed by atoms with Crippen molar-refractivity contribution in [2.24, 2.45) is 0 Å². The average molecular weight is 282 g/mol. The molecule has 0 aromatic heterocycles. The molecule has 2 unspecified atom stereocenters. The summed E-state index contributed by atoms with van der Waals surface area (Å²) in [5.74, 6) is 0. The van der Waals surface area contributed by atoms with Crippen LogP contribution in [-0.2, 0) is 10.0 Å². The highest BCUT2D eigenvalue weighted by Crippen LogP contribution is 2.16. The van der Waals surface area contributed by atoms with Crippen LogP contribution in [0.5, 0.6) is 0 Å². The van der Waals surface area contributed by atoms with Gasteiger partial charge in [0.15, 0.2) is 0 Å². The Hall–Kier alpha value is -0.910. The van der Waals surface area contributed by atoms with Crippen molar-refractivity contribution in [3.63, 3.8) is 0 Å². The van der Waals surface area contributed by atoms with Gasteiger partial charge in [0.1, 0.15) is 0 Å². The molecular weight excluding hydrogens is 260 g/mol. The molecule has 0 bridgehead atoms. The Morgan fingerprint density at radius 1 is 1.32 bits per heavy atom. The van der Waals surface area contributed by atoms with Crippen LogP contribution in [0, 0.1) is 6.92 Å². The maximum absolute atomic E-state index is 12.4. The van der Waals surface area contributed by atoms with E-state index >= 15 is 0 Å². The molecule has 106 valence electrons. The second kappa shape index (κ2) is 6.03. The van der Waals surface area contributed by atoms with Crippen LogP contribution in [0.25, 0.3) is 0 Å². The molecule has 1 saturated heterocycles. The smallest absolute Gasteiger partial charge is 0.241 e. The molecular formula is C14H22N2O2S. The molecule has 2 atom stereocenters. The Morgan fingerprint density at radius 3 is 2.68 bits per heavy atom. The summed E-state index contributed by atoms with van der Waals surface area (Å²) in [5, 5.41) is 3.38. The van der Waals surface area contributed by atoms with E-state index in [1.54, 1.807) is 12.1 Å². The highest BCUT2D eigenvalue weighted by molar-refractivity contribution is 7.89. The molecule has 0 radical (unpaired) electrons. The van der Waals surface area contributed by atoms with Gasteiger partial charge in [-0.2, -0.15) is 0 Å². The van der Waals surface area contributed by atoms with E-state index in [2.05, 4.69) is 10.0 Å². The molecule has 4 nitrogen and oxygen atoms in total. The molecule has 2 N–H and O–H groups in total. The van der Waals surface area contributed by atoms with Gasteiger partial charge in [-0.15, -0.1) is 0 Å². The van der Waals surface area contributed by atoms with Gasteiger partial charge >= 0.3 is 0 Å². The van der Waals surface area contributed by atoms with E-state index in [0.717, 1.165) is 24.9 Å². The van der Waals surface area contributed by atoms with Crippen molar-refractivity contribution in [2.75, 3.05) is 6.54 Å². The SMILES string of the molecule is Cc1ccccc1S(=O)(=O)NC(C)C1CCCCN1. The summed E-state index contributed by atoms with van der Waals surface area (Å²) in [6, 6.07) is 7.21. The Morgan fingerprint density at radius 2 is 2.05 bits per heavy atom. The molecule has 1 aliphatic rings. The predicted octanol–water partition coefficient (Wildman–Crippen LogP) is 1.80.